The zero-order valence-corrected chi connectivity index (χ0v) is 13.3. The Morgan fingerprint density at radius 3 is 2.74 bits per heavy atom. The first-order valence-electron chi connectivity index (χ1n) is 7.79. The predicted molar refractivity (Wildman–Crippen MR) is 83.5 cm³/mol. The maximum atomic E-state index is 12.4. The van der Waals surface area contributed by atoms with E-state index >= 15 is 0 Å². The molecular formula is C16H20N4O3. The second-order valence-corrected chi connectivity index (χ2v) is 6.32. The summed E-state index contributed by atoms with van der Waals surface area (Å²) in [4.78, 5) is 30.1. The van der Waals surface area contributed by atoms with Crippen molar-refractivity contribution in [3.05, 3.63) is 35.1 Å². The second kappa shape index (κ2) is 6.36. The largest absolute Gasteiger partial charge is 0.437 e. The molecule has 0 aromatic carbocycles. The summed E-state index contributed by atoms with van der Waals surface area (Å²) in [6.07, 6.45) is 4.31. The first-order chi connectivity index (χ1) is 11.0. The quantitative estimate of drug-likeness (QED) is 0.855. The normalized spacial score (nSPS) is 21.4. The van der Waals surface area contributed by atoms with Gasteiger partial charge in [-0.05, 0) is 30.4 Å². The number of amides is 1. The fourth-order valence-electron chi connectivity index (χ4n) is 3.11. The number of carbonyl (C=O) groups is 1. The fraction of sp³-hybridized carbons (Fsp3) is 0.500. The Balaban J connectivity index is 1.74. The van der Waals surface area contributed by atoms with Gasteiger partial charge in [0.05, 0.1) is 5.56 Å². The summed E-state index contributed by atoms with van der Waals surface area (Å²) in [5.41, 5.74) is 0.607. The van der Waals surface area contributed by atoms with Crippen LogP contribution in [-0.4, -0.2) is 38.7 Å². The number of hydrogen-bond acceptors (Lipinski definition) is 5. The number of rotatable bonds is 3. The molecule has 2 atom stereocenters. The molecule has 1 aliphatic heterocycles. The molecule has 0 radical (unpaired) electrons. The van der Waals surface area contributed by atoms with Crippen molar-refractivity contribution in [1.29, 1.82) is 0 Å². The SMILES string of the molecule is C[C@@H]1C[C@@H](C)CN(C(=O)Cn2nc(-c3cccnc3)oc2=O)C1. The number of pyridine rings is 1. The Labute approximate surface area is 133 Å². The highest BCUT2D eigenvalue weighted by molar-refractivity contribution is 5.76. The second-order valence-electron chi connectivity index (χ2n) is 6.32. The molecule has 1 fully saturated rings. The van der Waals surface area contributed by atoms with Crippen LogP contribution in [0.5, 0.6) is 0 Å². The Morgan fingerprint density at radius 1 is 1.35 bits per heavy atom. The van der Waals surface area contributed by atoms with Crippen molar-refractivity contribution in [1.82, 2.24) is 19.7 Å². The number of likely N-dealkylation sites (tertiary alicyclic amines) is 1. The van der Waals surface area contributed by atoms with Crippen LogP contribution in [0, 0.1) is 11.8 Å². The lowest BCUT2D eigenvalue weighted by molar-refractivity contribution is -0.134. The molecule has 0 N–H and O–H groups in total. The van der Waals surface area contributed by atoms with Gasteiger partial charge in [0.1, 0.15) is 6.54 Å². The zero-order chi connectivity index (χ0) is 16.4. The highest BCUT2D eigenvalue weighted by atomic mass is 16.4. The Hall–Kier alpha value is -2.44. The smallest absolute Gasteiger partial charge is 0.388 e. The minimum atomic E-state index is -0.629. The zero-order valence-electron chi connectivity index (χ0n) is 13.3. The highest BCUT2D eigenvalue weighted by Gasteiger charge is 2.26. The predicted octanol–water partition coefficient (Wildman–Crippen LogP) is 1.40. The Bertz CT molecular complexity index is 727. The van der Waals surface area contributed by atoms with Gasteiger partial charge in [-0.2, -0.15) is 4.68 Å². The highest BCUT2D eigenvalue weighted by Crippen LogP contribution is 2.21. The van der Waals surface area contributed by atoms with E-state index in [-0.39, 0.29) is 18.3 Å². The summed E-state index contributed by atoms with van der Waals surface area (Å²) in [5, 5.41) is 4.10. The average molecular weight is 316 g/mol. The molecule has 1 saturated heterocycles. The van der Waals surface area contributed by atoms with Gasteiger partial charge in [0, 0.05) is 25.5 Å². The average Bonchev–Trinajstić information content (AvgIpc) is 2.88. The molecule has 1 aliphatic rings. The molecule has 7 heteroatoms. The topological polar surface area (TPSA) is 81.2 Å². The standard InChI is InChI=1S/C16H20N4O3/c1-11-6-12(2)9-19(8-11)14(21)10-20-16(22)23-15(18-20)13-4-3-5-17-7-13/h3-5,7,11-12H,6,8-10H2,1-2H3/t11-,12-/m1/s1. The molecule has 0 spiro atoms. The van der Waals surface area contributed by atoms with Gasteiger partial charge in [0.2, 0.25) is 5.91 Å². The third-order valence-corrected chi connectivity index (χ3v) is 4.02. The van der Waals surface area contributed by atoms with E-state index in [1.54, 1.807) is 24.5 Å². The van der Waals surface area contributed by atoms with Gasteiger partial charge in [-0.3, -0.25) is 9.78 Å². The van der Waals surface area contributed by atoms with Gasteiger partial charge < -0.3 is 9.32 Å². The number of piperidine rings is 1. The van der Waals surface area contributed by atoms with E-state index in [9.17, 15) is 9.59 Å². The molecule has 122 valence electrons. The lowest BCUT2D eigenvalue weighted by Gasteiger charge is -2.34. The van der Waals surface area contributed by atoms with Gasteiger partial charge in [-0.15, -0.1) is 5.10 Å². The maximum absolute atomic E-state index is 12.4. The van der Waals surface area contributed by atoms with Crippen molar-refractivity contribution in [2.24, 2.45) is 11.8 Å². The molecule has 0 saturated carbocycles. The summed E-state index contributed by atoms with van der Waals surface area (Å²) >= 11 is 0. The summed E-state index contributed by atoms with van der Waals surface area (Å²) in [5.74, 6) is 0.397. The maximum Gasteiger partial charge on any atom is 0.437 e. The number of carbonyl (C=O) groups excluding carboxylic acids is 1. The van der Waals surface area contributed by atoms with Crippen LogP contribution in [0.4, 0.5) is 0 Å². The molecule has 1 amide bonds. The van der Waals surface area contributed by atoms with E-state index < -0.39 is 5.76 Å². The molecule has 23 heavy (non-hydrogen) atoms. The number of nitrogens with zero attached hydrogens (tertiary/aromatic N) is 4. The van der Waals surface area contributed by atoms with Gasteiger partial charge in [0.25, 0.3) is 5.89 Å². The monoisotopic (exact) mass is 316 g/mol. The van der Waals surface area contributed by atoms with Crippen LogP contribution in [0.2, 0.25) is 0 Å². The first-order valence-corrected chi connectivity index (χ1v) is 7.79. The third-order valence-electron chi connectivity index (χ3n) is 4.02. The summed E-state index contributed by atoms with van der Waals surface area (Å²) < 4.78 is 6.19. The summed E-state index contributed by atoms with van der Waals surface area (Å²) in [6, 6.07) is 3.48. The van der Waals surface area contributed by atoms with Crippen LogP contribution >= 0.6 is 0 Å². The Kier molecular flexibility index (Phi) is 4.27. The number of hydrogen-bond donors (Lipinski definition) is 0. The van der Waals surface area contributed by atoms with Gasteiger partial charge in [0.15, 0.2) is 0 Å². The molecule has 2 aromatic heterocycles. The van der Waals surface area contributed by atoms with Crippen molar-refractivity contribution < 1.29 is 9.21 Å². The van der Waals surface area contributed by atoms with Crippen molar-refractivity contribution in [3.63, 3.8) is 0 Å². The van der Waals surface area contributed by atoms with Crippen LogP contribution in [0.1, 0.15) is 20.3 Å². The van der Waals surface area contributed by atoms with Crippen molar-refractivity contribution in [2.75, 3.05) is 13.1 Å². The minimum absolute atomic E-state index is 0.0952. The van der Waals surface area contributed by atoms with Crippen molar-refractivity contribution in [3.8, 4) is 11.5 Å². The molecule has 3 rings (SSSR count). The van der Waals surface area contributed by atoms with E-state index in [1.807, 2.05) is 4.90 Å². The third kappa shape index (κ3) is 3.49. The van der Waals surface area contributed by atoms with E-state index in [1.165, 1.54) is 0 Å². The molecule has 7 nitrogen and oxygen atoms in total. The summed E-state index contributed by atoms with van der Waals surface area (Å²) in [7, 11) is 0. The molecular weight excluding hydrogens is 296 g/mol. The number of aromatic nitrogens is 3. The van der Waals surface area contributed by atoms with Crippen molar-refractivity contribution >= 4 is 5.91 Å². The van der Waals surface area contributed by atoms with E-state index in [0.29, 0.717) is 17.4 Å². The van der Waals surface area contributed by atoms with E-state index in [4.69, 9.17) is 4.42 Å². The van der Waals surface area contributed by atoms with E-state index in [0.717, 1.165) is 24.2 Å². The van der Waals surface area contributed by atoms with Crippen LogP contribution in [0.3, 0.4) is 0 Å². The molecule has 2 aromatic rings. The van der Waals surface area contributed by atoms with Crippen LogP contribution in [0.15, 0.2) is 33.7 Å². The molecule has 0 bridgehead atoms. The molecule has 3 heterocycles. The van der Waals surface area contributed by atoms with E-state index in [2.05, 4.69) is 23.9 Å². The first kappa shape index (κ1) is 15.5. The van der Waals surface area contributed by atoms with Crippen LogP contribution < -0.4 is 5.76 Å². The van der Waals surface area contributed by atoms with Gasteiger partial charge >= 0.3 is 5.76 Å². The van der Waals surface area contributed by atoms with Crippen molar-refractivity contribution in [2.45, 2.75) is 26.8 Å². The lowest BCUT2D eigenvalue weighted by atomic mass is 9.92. The minimum Gasteiger partial charge on any atom is -0.388 e. The molecule has 0 aliphatic carbocycles. The van der Waals surface area contributed by atoms with Crippen LogP contribution in [0.25, 0.3) is 11.5 Å². The van der Waals surface area contributed by atoms with Gasteiger partial charge in [-0.1, -0.05) is 13.8 Å². The molecule has 0 unspecified atom stereocenters. The summed E-state index contributed by atoms with van der Waals surface area (Å²) in [6.45, 7) is 5.63. The van der Waals surface area contributed by atoms with Crippen LogP contribution in [-0.2, 0) is 11.3 Å². The Morgan fingerprint density at radius 2 is 2.09 bits per heavy atom. The fourth-order valence-corrected chi connectivity index (χ4v) is 3.11. The van der Waals surface area contributed by atoms with Gasteiger partial charge in [-0.25, -0.2) is 4.79 Å². The lowest BCUT2D eigenvalue weighted by Crippen LogP contribution is -2.44.